The molecule has 1 aromatic rings. The Morgan fingerprint density at radius 2 is 2.23 bits per heavy atom. The molecule has 0 radical (unpaired) electrons. The van der Waals surface area contributed by atoms with Crippen LogP contribution in [0.15, 0.2) is 12.1 Å². The monoisotopic (exact) mass is 215 g/mol. The first-order valence-corrected chi connectivity index (χ1v) is 4.50. The summed E-state index contributed by atoms with van der Waals surface area (Å²) in [5.74, 6) is 5.19. The van der Waals surface area contributed by atoms with E-state index in [0.29, 0.717) is 11.3 Å². The summed E-state index contributed by atoms with van der Waals surface area (Å²) >= 11 is 9.51. The van der Waals surface area contributed by atoms with Crippen molar-refractivity contribution in [1.82, 2.24) is 0 Å². The molecule has 1 nitrogen and oxygen atoms in total. The fourth-order valence-electron chi connectivity index (χ4n) is 0.823. The maximum Gasteiger partial charge on any atom is 0.148 e. The minimum absolute atomic E-state index is 0.0266. The lowest BCUT2D eigenvalue weighted by Gasteiger charge is -2.00. The van der Waals surface area contributed by atoms with Gasteiger partial charge >= 0.3 is 0 Å². The molecule has 0 fully saturated rings. The highest BCUT2D eigenvalue weighted by Crippen LogP contribution is 2.20. The van der Waals surface area contributed by atoms with Crippen molar-refractivity contribution in [3.63, 3.8) is 0 Å². The van der Waals surface area contributed by atoms with Crippen LogP contribution in [0.5, 0.6) is 0 Å². The molecule has 68 valence electrons. The third kappa shape index (κ3) is 2.55. The van der Waals surface area contributed by atoms with Crippen molar-refractivity contribution in [2.24, 2.45) is 0 Å². The standard InChI is InChI=1S/C9H7ClFNS/c10-7-4-6(2-1-3-13)9(12)8(11)5-7/h4-5,13H,3,12H2. The third-order valence-electron chi connectivity index (χ3n) is 1.40. The molecular weight excluding hydrogens is 209 g/mol. The molecule has 0 aliphatic heterocycles. The number of halogens is 2. The number of nitrogens with two attached hydrogens (primary N) is 1. The van der Waals surface area contributed by atoms with Crippen molar-refractivity contribution in [2.45, 2.75) is 0 Å². The first-order chi connectivity index (χ1) is 6.15. The van der Waals surface area contributed by atoms with E-state index < -0.39 is 5.82 Å². The third-order valence-corrected chi connectivity index (χ3v) is 1.77. The van der Waals surface area contributed by atoms with Gasteiger partial charge in [0, 0.05) is 5.02 Å². The van der Waals surface area contributed by atoms with Crippen molar-refractivity contribution in [1.29, 1.82) is 0 Å². The van der Waals surface area contributed by atoms with E-state index in [1.54, 1.807) is 0 Å². The van der Waals surface area contributed by atoms with E-state index in [4.69, 9.17) is 17.3 Å². The summed E-state index contributed by atoms with van der Waals surface area (Å²) in [5.41, 5.74) is 5.86. The van der Waals surface area contributed by atoms with Crippen molar-refractivity contribution in [3.05, 3.63) is 28.5 Å². The predicted molar refractivity (Wildman–Crippen MR) is 56.6 cm³/mol. The molecule has 0 amide bonds. The van der Waals surface area contributed by atoms with Crippen molar-refractivity contribution >= 4 is 29.9 Å². The summed E-state index contributed by atoms with van der Waals surface area (Å²) in [5, 5.41) is 0.287. The molecule has 2 N–H and O–H groups in total. The van der Waals surface area contributed by atoms with Gasteiger partial charge in [0.15, 0.2) is 0 Å². The van der Waals surface area contributed by atoms with E-state index >= 15 is 0 Å². The van der Waals surface area contributed by atoms with Gasteiger partial charge in [0.05, 0.1) is 17.0 Å². The van der Waals surface area contributed by atoms with Crippen LogP contribution < -0.4 is 5.73 Å². The smallest absolute Gasteiger partial charge is 0.148 e. The zero-order valence-corrected chi connectivity index (χ0v) is 8.29. The highest BCUT2D eigenvalue weighted by atomic mass is 35.5. The summed E-state index contributed by atoms with van der Waals surface area (Å²) in [6, 6.07) is 2.68. The highest BCUT2D eigenvalue weighted by molar-refractivity contribution is 7.80. The fourth-order valence-corrected chi connectivity index (χ4v) is 1.11. The molecule has 0 unspecified atom stereocenters. The van der Waals surface area contributed by atoms with Gasteiger partial charge in [-0.05, 0) is 12.1 Å². The molecule has 0 spiro atoms. The molecule has 0 atom stereocenters. The van der Waals surface area contributed by atoms with E-state index in [2.05, 4.69) is 24.5 Å². The lowest BCUT2D eigenvalue weighted by atomic mass is 10.2. The van der Waals surface area contributed by atoms with Gasteiger partial charge < -0.3 is 5.73 Å². The summed E-state index contributed by atoms with van der Waals surface area (Å²) < 4.78 is 13.0. The molecule has 0 aliphatic carbocycles. The maximum absolute atomic E-state index is 13.0. The van der Waals surface area contributed by atoms with Crippen LogP contribution in [0.25, 0.3) is 0 Å². The van der Waals surface area contributed by atoms with Gasteiger partial charge in [-0.25, -0.2) is 4.39 Å². The number of anilines is 1. The summed E-state index contributed by atoms with van der Waals surface area (Å²) in [6.45, 7) is 0. The van der Waals surface area contributed by atoms with Crippen LogP contribution in [0.3, 0.4) is 0 Å². The van der Waals surface area contributed by atoms with Crippen molar-refractivity contribution < 1.29 is 4.39 Å². The molecule has 4 heteroatoms. The molecule has 0 heterocycles. The Bertz CT molecular complexity index is 381. The number of benzene rings is 1. The lowest BCUT2D eigenvalue weighted by molar-refractivity contribution is 0.632. The maximum atomic E-state index is 13.0. The molecule has 0 aliphatic rings. The molecule has 1 rings (SSSR count). The Morgan fingerprint density at radius 1 is 1.54 bits per heavy atom. The molecule has 0 saturated carbocycles. The second-order valence-electron chi connectivity index (χ2n) is 2.31. The second-order valence-corrected chi connectivity index (χ2v) is 3.06. The zero-order chi connectivity index (χ0) is 9.84. The minimum Gasteiger partial charge on any atom is -0.395 e. The van der Waals surface area contributed by atoms with Crippen LogP contribution in [0.1, 0.15) is 5.56 Å². The van der Waals surface area contributed by atoms with Crippen LogP contribution in [-0.4, -0.2) is 5.75 Å². The van der Waals surface area contributed by atoms with Gasteiger partial charge in [-0.2, -0.15) is 12.6 Å². The number of rotatable bonds is 0. The Hall–Kier alpha value is -0.850. The Kier molecular flexibility index (Phi) is 3.47. The van der Waals surface area contributed by atoms with Gasteiger partial charge in [0.25, 0.3) is 0 Å². The van der Waals surface area contributed by atoms with Gasteiger partial charge in [-0.15, -0.1) is 0 Å². The largest absolute Gasteiger partial charge is 0.395 e. The zero-order valence-electron chi connectivity index (χ0n) is 6.64. The predicted octanol–water partition coefficient (Wildman–Crippen LogP) is 2.34. The first kappa shape index (κ1) is 10.2. The number of nitrogen functional groups attached to an aromatic ring is 1. The Morgan fingerprint density at radius 3 is 2.85 bits per heavy atom. The van der Waals surface area contributed by atoms with Gasteiger partial charge in [-0.3, -0.25) is 0 Å². The molecule has 13 heavy (non-hydrogen) atoms. The summed E-state index contributed by atoms with van der Waals surface area (Å²) in [6.07, 6.45) is 0. The Balaban J connectivity index is 3.20. The van der Waals surface area contributed by atoms with Gasteiger partial charge in [0.1, 0.15) is 5.82 Å². The number of hydrogen-bond donors (Lipinski definition) is 2. The van der Waals surface area contributed by atoms with Crippen LogP contribution in [0.2, 0.25) is 5.02 Å². The second kappa shape index (κ2) is 4.40. The molecule has 0 bridgehead atoms. The van der Waals surface area contributed by atoms with Crippen LogP contribution in [-0.2, 0) is 0 Å². The average Bonchev–Trinajstić information content (AvgIpc) is 2.09. The van der Waals surface area contributed by atoms with E-state index in [-0.39, 0.29) is 10.7 Å². The number of hydrogen-bond acceptors (Lipinski definition) is 2. The van der Waals surface area contributed by atoms with E-state index in [1.807, 2.05) is 0 Å². The van der Waals surface area contributed by atoms with Crippen LogP contribution in [0, 0.1) is 17.7 Å². The normalized spacial score (nSPS) is 9.15. The molecule has 0 saturated heterocycles. The molecular formula is C9H7ClFNS. The van der Waals surface area contributed by atoms with Gasteiger partial charge in [0.2, 0.25) is 0 Å². The molecule has 1 aromatic carbocycles. The van der Waals surface area contributed by atoms with Crippen molar-refractivity contribution in [3.8, 4) is 11.8 Å². The first-order valence-electron chi connectivity index (χ1n) is 3.49. The van der Waals surface area contributed by atoms with Crippen LogP contribution >= 0.6 is 24.2 Å². The average molecular weight is 216 g/mol. The van der Waals surface area contributed by atoms with E-state index in [0.717, 1.165) is 6.07 Å². The summed E-state index contributed by atoms with van der Waals surface area (Å²) in [7, 11) is 0. The Labute approximate surface area is 86.5 Å². The lowest BCUT2D eigenvalue weighted by Crippen LogP contribution is -1.94. The SMILES string of the molecule is Nc1c(F)cc(Cl)cc1C#CCS. The van der Waals surface area contributed by atoms with E-state index in [1.165, 1.54) is 6.07 Å². The van der Waals surface area contributed by atoms with Crippen molar-refractivity contribution in [2.75, 3.05) is 11.5 Å². The highest BCUT2D eigenvalue weighted by Gasteiger charge is 2.04. The van der Waals surface area contributed by atoms with E-state index in [9.17, 15) is 4.39 Å². The number of thiol groups is 1. The fraction of sp³-hybridized carbons (Fsp3) is 0.111. The topological polar surface area (TPSA) is 26.0 Å². The quantitative estimate of drug-likeness (QED) is 0.388. The van der Waals surface area contributed by atoms with Crippen LogP contribution in [0.4, 0.5) is 10.1 Å². The minimum atomic E-state index is -0.545. The summed E-state index contributed by atoms with van der Waals surface area (Å²) in [4.78, 5) is 0. The van der Waals surface area contributed by atoms with Gasteiger partial charge in [-0.1, -0.05) is 23.4 Å². The molecule has 0 aromatic heterocycles.